The molecule has 0 bridgehead atoms. The highest BCUT2D eigenvalue weighted by molar-refractivity contribution is 7.01. The van der Waals surface area contributed by atoms with Crippen LogP contribution in [0.5, 0.6) is 0 Å². The first-order chi connectivity index (χ1) is 10.8. The van der Waals surface area contributed by atoms with Crippen molar-refractivity contribution in [3.63, 3.8) is 0 Å². The summed E-state index contributed by atoms with van der Waals surface area (Å²) in [5.41, 5.74) is 1.44. The Labute approximate surface area is 134 Å². The van der Waals surface area contributed by atoms with E-state index in [-0.39, 0.29) is 0 Å². The molecule has 0 aliphatic carbocycles. The van der Waals surface area contributed by atoms with Gasteiger partial charge in [-0.25, -0.2) is 0 Å². The summed E-state index contributed by atoms with van der Waals surface area (Å²) in [6, 6.07) is 34.2. The molecule has 0 spiro atoms. The van der Waals surface area contributed by atoms with Gasteiger partial charge in [0.15, 0.2) is 0 Å². The summed E-state index contributed by atoms with van der Waals surface area (Å²) in [7, 11) is -1.68. The van der Waals surface area contributed by atoms with Crippen molar-refractivity contribution < 1.29 is 0 Å². The van der Waals surface area contributed by atoms with Gasteiger partial charge in [0.25, 0.3) is 0 Å². The monoisotopic (exact) mass is 302 g/mol. The van der Waals surface area contributed by atoms with Crippen molar-refractivity contribution in [3.8, 4) is 0 Å². The molecular formula is C21H22Si. The Bertz CT molecular complexity index is 650. The van der Waals surface area contributed by atoms with E-state index in [0.717, 1.165) is 6.42 Å². The predicted molar refractivity (Wildman–Crippen MR) is 98.7 cm³/mol. The molecule has 0 saturated carbocycles. The van der Waals surface area contributed by atoms with E-state index in [4.69, 9.17) is 0 Å². The maximum atomic E-state index is 2.50. The zero-order chi connectivity index (χ0) is 15.3. The molecule has 3 aromatic rings. The highest BCUT2D eigenvalue weighted by Crippen LogP contribution is 2.15. The lowest BCUT2D eigenvalue weighted by Gasteiger charge is -2.29. The Hall–Kier alpha value is -2.12. The van der Waals surface area contributed by atoms with Gasteiger partial charge in [-0.3, -0.25) is 0 Å². The van der Waals surface area contributed by atoms with Crippen molar-refractivity contribution in [2.75, 3.05) is 0 Å². The molecule has 0 aromatic heterocycles. The van der Waals surface area contributed by atoms with Crippen LogP contribution in [-0.2, 0) is 6.42 Å². The molecule has 1 heteroatoms. The van der Waals surface area contributed by atoms with Gasteiger partial charge in [-0.1, -0.05) is 108 Å². The fourth-order valence-electron chi connectivity index (χ4n) is 3.11. The van der Waals surface area contributed by atoms with E-state index in [1.165, 1.54) is 22.0 Å². The smallest absolute Gasteiger partial charge is 0.0626 e. The lowest BCUT2D eigenvalue weighted by molar-refractivity contribution is 1.11. The number of benzene rings is 3. The van der Waals surface area contributed by atoms with E-state index >= 15 is 0 Å². The minimum atomic E-state index is -1.68. The van der Waals surface area contributed by atoms with Gasteiger partial charge in [-0.15, -0.1) is 0 Å². The molecule has 0 aliphatic rings. The van der Waals surface area contributed by atoms with Gasteiger partial charge in [0, 0.05) is 0 Å². The average molecular weight is 302 g/mol. The maximum Gasteiger partial charge on any atom is 0.115 e. The second-order valence-electron chi connectivity index (χ2n) is 6.05. The summed E-state index contributed by atoms with van der Waals surface area (Å²) in [6.45, 7) is 2.50. The summed E-state index contributed by atoms with van der Waals surface area (Å²) >= 11 is 0. The molecular weight excluding hydrogens is 280 g/mol. The Balaban J connectivity index is 1.93. The van der Waals surface area contributed by atoms with E-state index < -0.39 is 8.07 Å². The molecule has 22 heavy (non-hydrogen) atoms. The van der Waals surface area contributed by atoms with Crippen LogP contribution in [0, 0.1) is 0 Å². The molecule has 0 fully saturated rings. The van der Waals surface area contributed by atoms with Crippen LogP contribution >= 0.6 is 0 Å². The summed E-state index contributed by atoms with van der Waals surface area (Å²) in [5.74, 6) is 0. The predicted octanol–water partition coefficient (Wildman–Crippen LogP) is 4.12. The van der Waals surface area contributed by atoms with Crippen molar-refractivity contribution in [3.05, 3.63) is 96.6 Å². The Morgan fingerprint density at radius 3 is 1.45 bits per heavy atom. The molecule has 0 aliphatic heterocycles. The zero-order valence-corrected chi connectivity index (χ0v) is 14.1. The SMILES string of the molecule is C[Si](CCc1ccccc1)(c1ccccc1)c1ccccc1. The van der Waals surface area contributed by atoms with Crippen molar-refractivity contribution in [1.82, 2.24) is 0 Å². The lowest BCUT2D eigenvalue weighted by Crippen LogP contribution is -2.55. The normalized spacial score (nSPS) is 11.3. The average Bonchev–Trinajstić information content (AvgIpc) is 2.62. The minimum absolute atomic E-state index is 1.15. The van der Waals surface area contributed by atoms with Gasteiger partial charge >= 0.3 is 0 Å². The van der Waals surface area contributed by atoms with Gasteiger partial charge in [0.05, 0.1) is 0 Å². The Kier molecular flexibility index (Phi) is 4.55. The fourth-order valence-corrected chi connectivity index (χ4v) is 6.66. The third-order valence-corrected chi connectivity index (χ3v) is 9.04. The van der Waals surface area contributed by atoms with Gasteiger partial charge < -0.3 is 0 Å². The number of hydrogen-bond acceptors (Lipinski definition) is 0. The molecule has 0 atom stereocenters. The largest absolute Gasteiger partial charge is 0.115 e. The summed E-state index contributed by atoms with van der Waals surface area (Å²) < 4.78 is 0. The first kappa shape index (κ1) is 14.8. The van der Waals surface area contributed by atoms with Crippen LogP contribution in [-0.4, -0.2) is 8.07 Å². The van der Waals surface area contributed by atoms with E-state index in [0.29, 0.717) is 0 Å². The number of rotatable bonds is 5. The molecule has 0 radical (unpaired) electrons. The molecule has 0 N–H and O–H groups in total. The highest BCUT2D eigenvalue weighted by Gasteiger charge is 2.30. The van der Waals surface area contributed by atoms with E-state index in [9.17, 15) is 0 Å². The molecule has 0 nitrogen and oxygen atoms in total. The van der Waals surface area contributed by atoms with Crippen molar-refractivity contribution in [2.45, 2.75) is 19.0 Å². The van der Waals surface area contributed by atoms with Crippen LogP contribution in [0.4, 0.5) is 0 Å². The fraction of sp³-hybridized carbons (Fsp3) is 0.143. The maximum absolute atomic E-state index is 2.50. The Morgan fingerprint density at radius 1 is 0.591 bits per heavy atom. The van der Waals surface area contributed by atoms with E-state index in [2.05, 4.69) is 97.5 Å². The molecule has 0 heterocycles. The van der Waals surface area contributed by atoms with Crippen LogP contribution in [0.3, 0.4) is 0 Å². The molecule has 0 saturated heterocycles. The zero-order valence-electron chi connectivity index (χ0n) is 13.1. The standard InChI is InChI=1S/C21H22Si/c1-22(20-13-7-3-8-14-20,21-15-9-4-10-16-21)18-17-19-11-5-2-6-12-19/h2-16H,17-18H2,1H3. The first-order valence-electron chi connectivity index (χ1n) is 7.94. The van der Waals surface area contributed by atoms with Crippen molar-refractivity contribution in [2.24, 2.45) is 0 Å². The number of hydrogen-bond donors (Lipinski definition) is 0. The quantitative estimate of drug-likeness (QED) is 0.622. The van der Waals surface area contributed by atoms with Crippen LogP contribution in [0.25, 0.3) is 0 Å². The summed E-state index contributed by atoms with van der Waals surface area (Å²) in [5, 5.41) is 3.05. The van der Waals surface area contributed by atoms with Gasteiger partial charge in [-0.05, 0) is 18.0 Å². The molecule has 110 valence electrons. The van der Waals surface area contributed by atoms with Gasteiger partial charge in [0.1, 0.15) is 8.07 Å². The van der Waals surface area contributed by atoms with E-state index in [1.807, 2.05) is 0 Å². The molecule has 3 aromatic carbocycles. The molecule has 0 unspecified atom stereocenters. The van der Waals surface area contributed by atoms with E-state index in [1.54, 1.807) is 0 Å². The molecule has 0 amide bonds. The summed E-state index contributed by atoms with van der Waals surface area (Å²) in [6.07, 6.45) is 1.15. The van der Waals surface area contributed by atoms with Gasteiger partial charge in [-0.2, -0.15) is 0 Å². The van der Waals surface area contributed by atoms with Crippen LogP contribution in [0.15, 0.2) is 91.0 Å². The first-order valence-corrected chi connectivity index (χ1v) is 10.6. The second-order valence-corrected chi connectivity index (χ2v) is 10.4. The highest BCUT2D eigenvalue weighted by atomic mass is 28.3. The third-order valence-electron chi connectivity index (χ3n) is 4.58. The minimum Gasteiger partial charge on any atom is -0.0626 e. The van der Waals surface area contributed by atoms with Crippen LogP contribution in [0.1, 0.15) is 5.56 Å². The molecule has 3 rings (SSSR count). The Morgan fingerprint density at radius 2 is 1.00 bits per heavy atom. The third kappa shape index (κ3) is 3.20. The van der Waals surface area contributed by atoms with Gasteiger partial charge in [0.2, 0.25) is 0 Å². The summed E-state index contributed by atoms with van der Waals surface area (Å²) in [4.78, 5) is 0. The van der Waals surface area contributed by atoms with Crippen LogP contribution in [0.2, 0.25) is 12.6 Å². The van der Waals surface area contributed by atoms with Crippen molar-refractivity contribution >= 4 is 18.4 Å². The van der Waals surface area contributed by atoms with Crippen molar-refractivity contribution in [1.29, 1.82) is 0 Å². The lowest BCUT2D eigenvalue weighted by atomic mass is 10.2. The second kappa shape index (κ2) is 6.76. The topological polar surface area (TPSA) is 0 Å². The number of aryl methyl sites for hydroxylation is 1. The van der Waals surface area contributed by atoms with Crippen LogP contribution < -0.4 is 10.4 Å².